The van der Waals surface area contributed by atoms with Crippen molar-refractivity contribution in [3.05, 3.63) is 53.9 Å². The van der Waals surface area contributed by atoms with E-state index in [1.165, 1.54) is 0 Å². The molecule has 1 saturated heterocycles. The summed E-state index contributed by atoms with van der Waals surface area (Å²) in [5.41, 5.74) is 1.74. The molecule has 0 saturated carbocycles. The molecular weight excluding hydrogens is 266 g/mol. The van der Waals surface area contributed by atoms with E-state index < -0.39 is 0 Å². The van der Waals surface area contributed by atoms with Gasteiger partial charge in [-0.1, -0.05) is 30.3 Å². The molecule has 5 nitrogen and oxygen atoms in total. The second-order valence-electron chi connectivity index (χ2n) is 5.39. The topological polar surface area (TPSA) is 58.4 Å². The molecule has 1 aliphatic rings. The van der Waals surface area contributed by atoms with E-state index in [0.717, 1.165) is 18.4 Å². The number of amides is 1. The Bertz CT molecular complexity index is 609. The van der Waals surface area contributed by atoms with Crippen molar-refractivity contribution < 1.29 is 9.90 Å². The van der Waals surface area contributed by atoms with E-state index in [1.54, 1.807) is 22.0 Å². The van der Waals surface area contributed by atoms with Gasteiger partial charge in [0.15, 0.2) is 0 Å². The molecule has 1 aliphatic heterocycles. The van der Waals surface area contributed by atoms with Gasteiger partial charge < -0.3 is 10.0 Å². The summed E-state index contributed by atoms with van der Waals surface area (Å²) >= 11 is 0. The van der Waals surface area contributed by atoms with Crippen molar-refractivity contribution in [2.45, 2.75) is 25.4 Å². The van der Waals surface area contributed by atoms with Gasteiger partial charge in [0.1, 0.15) is 0 Å². The Morgan fingerprint density at radius 1 is 1.33 bits per heavy atom. The number of rotatable bonds is 4. The molecule has 0 radical (unpaired) electrons. The first-order valence-corrected chi connectivity index (χ1v) is 7.26. The van der Waals surface area contributed by atoms with Crippen molar-refractivity contribution in [2.75, 3.05) is 13.2 Å². The third-order valence-corrected chi connectivity index (χ3v) is 3.92. The Labute approximate surface area is 123 Å². The maximum Gasteiger partial charge on any atom is 0.257 e. The lowest BCUT2D eigenvalue weighted by atomic mass is 10.2. The van der Waals surface area contributed by atoms with Gasteiger partial charge in [-0.15, -0.1) is 0 Å². The van der Waals surface area contributed by atoms with E-state index in [4.69, 9.17) is 0 Å². The van der Waals surface area contributed by atoms with Gasteiger partial charge in [-0.05, 0) is 18.4 Å². The SMILES string of the molecule is O=C(c1cnn(Cc2ccccc2)c1)N1CCC[C@@H]1CO. The zero-order valence-corrected chi connectivity index (χ0v) is 11.9. The number of hydrogen-bond acceptors (Lipinski definition) is 3. The molecule has 0 bridgehead atoms. The molecule has 0 unspecified atom stereocenters. The van der Waals surface area contributed by atoms with Crippen LogP contribution in [-0.4, -0.2) is 44.9 Å². The zero-order valence-electron chi connectivity index (χ0n) is 11.9. The summed E-state index contributed by atoms with van der Waals surface area (Å²) in [5, 5.41) is 13.6. The Morgan fingerprint density at radius 3 is 2.90 bits per heavy atom. The lowest BCUT2D eigenvalue weighted by Crippen LogP contribution is -2.37. The van der Waals surface area contributed by atoms with Crippen molar-refractivity contribution in [1.82, 2.24) is 14.7 Å². The summed E-state index contributed by atoms with van der Waals surface area (Å²) in [6.45, 7) is 1.40. The van der Waals surface area contributed by atoms with E-state index in [9.17, 15) is 9.90 Å². The number of nitrogens with zero attached hydrogens (tertiary/aromatic N) is 3. The highest BCUT2D eigenvalue weighted by molar-refractivity contribution is 5.94. The van der Waals surface area contributed by atoms with Gasteiger partial charge in [0.25, 0.3) is 5.91 Å². The van der Waals surface area contributed by atoms with Crippen LogP contribution in [0.4, 0.5) is 0 Å². The van der Waals surface area contributed by atoms with E-state index in [1.807, 2.05) is 30.3 Å². The van der Waals surface area contributed by atoms with E-state index in [0.29, 0.717) is 18.7 Å². The minimum atomic E-state index is -0.0463. The van der Waals surface area contributed by atoms with Crippen LogP contribution in [0.5, 0.6) is 0 Å². The molecule has 2 heterocycles. The lowest BCUT2D eigenvalue weighted by Gasteiger charge is -2.22. The monoisotopic (exact) mass is 285 g/mol. The van der Waals surface area contributed by atoms with Gasteiger partial charge in [-0.3, -0.25) is 9.48 Å². The molecule has 0 spiro atoms. The average Bonchev–Trinajstić information content (AvgIpc) is 3.16. The molecule has 1 aromatic heterocycles. The van der Waals surface area contributed by atoms with Crippen LogP contribution in [-0.2, 0) is 6.54 Å². The number of hydrogen-bond donors (Lipinski definition) is 1. The largest absolute Gasteiger partial charge is 0.394 e. The van der Waals surface area contributed by atoms with Crippen LogP contribution in [0.15, 0.2) is 42.7 Å². The van der Waals surface area contributed by atoms with Crippen LogP contribution in [0.3, 0.4) is 0 Å². The van der Waals surface area contributed by atoms with Gasteiger partial charge in [-0.25, -0.2) is 0 Å². The maximum atomic E-state index is 12.4. The highest BCUT2D eigenvalue weighted by Crippen LogP contribution is 2.19. The van der Waals surface area contributed by atoms with Gasteiger partial charge in [-0.2, -0.15) is 5.10 Å². The van der Waals surface area contributed by atoms with Gasteiger partial charge in [0.2, 0.25) is 0 Å². The number of likely N-dealkylation sites (tertiary alicyclic amines) is 1. The molecule has 3 rings (SSSR count). The third-order valence-electron chi connectivity index (χ3n) is 3.92. The lowest BCUT2D eigenvalue weighted by molar-refractivity contribution is 0.0677. The minimum Gasteiger partial charge on any atom is -0.394 e. The summed E-state index contributed by atoms with van der Waals surface area (Å²) in [7, 11) is 0. The van der Waals surface area contributed by atoms with E-state index in [-0.39, 0.29) is 18.6 Å². The summed E-state index contributed by atoms with van der Waals surface area (Å²) < 4.78 is 1.77. The number of carbonyl (C=O) groups is 1. The van der Waals surface area contributed by atoms with Crippen LogP contribution in [0.1, 0.15) is 28.8 Å². The molecule has 1 N–H and O–H groups in total. The molecule has 2 aromatic rings. The minimum absolute atomic E-state index is 0.0316. The van der Waals surface area contributed by atoms with Crippen LogP contribution in [0.2, 0.25) is 0 Å². The van der Waals surface area contributed by atoms with Gasteiger partial charge >= 0.3 is 0 Å². The van der Waals surface area contributed by atoms with Crippen LogP contribution in [0.25, 0.3) is 0 Å². The van der Waals surface area contributed by atoms with Gasteiger partial charge in [0, 0.05) is 12.7 Å². The molecule has 1 fully saturated rings. The number of aliphatic hydroxyl groups excluding tert-OH is 1. The molecule has 1 aromatic carbocycles. The first-order valence-electron chi connectivity index (χ1n) is 7.26. The van der Waals surface area contributed by atoms with Gasteiger partial charge in [0.05, 0.1) is 31.0 Å². The molecule has 21 heavy (non-hydrogen) atoms. The molecular formula is C16H19N3O2. The fourth-order valence-corrected chi connectivity index (χ4v) is 2.79. The molecule has 0 aliphatic carbocycles. The number of aromatic nitrogens is 2. The predicted molar refractivity (Wildman–Crippen MR) is 78.9 cm³/mol. The Kier molecular flexibility index (Phi) is 4.01. The smallest absolute Gasteiger partial charge is 0.257 e. The summed E-state index contributed by atoms with van der Waals surface area (Å²) in [6.07, 6.45) is 5.22. The van der Waals surface area contributed by atoms with Crippen LogP contribution >= 0.6 is 0 Å². The first-order chi connectivity index (χ1) is 10.3. The van der Waals surface area contributed by atoms with Crippen molar-refractivity contribution in [3.8, 4) is 0 Å². The van der Waals surface area contributed by atoms with Crippen LogP contribution < -0.4 is 0 Å². The van der Waals surface area contributed by atoms with Crippen molar-refractivity contribution in [3.63, 3.8) is 0 Å². The summed E-state index contributed by atoms with van der Waals surface area (Å²) in [6, 6.07) is 9.97. The second-order valence-corrected chi connectivity index (χ2v) is 5.39. The third kappa shape index (κ3) is 2.97. The van der Waals surface area contributed by atoms with Crippen LogP contribution in [0, 0.1) is 0 Å². The zero-order chi connectivity index (χ0) is 14.7. The molecule has 1 atom stereocenters. The Morgan fingerprint density at radius 2 is 2.14 bits per heavy atom. The quantitative estimate of drug-likeness (QED) is 0.926. The number of aliphatic hydroxyl groups is 1. The fraction of sp³-hybridized carbons (Fsp3) is 0.375. The van der Waals surface area contributed by atoms with Crippen molar-refractivity contribution in [2.24, 2.45) is 0 Å². The van der Waals surface area contributed by atoms with Crippen molar-refractivity contribution >= 4 is 5.91 Å². The number of benzene rings is 1. The summed E-state index contributed by atoms with van der Waals surface area (Å²) in [4.78, 5) is 14.2. The normalized spacial score (nSPS) is 18.1. The average molecular weight is 285 g/mol. The standard InChI is InChI=1S/C16H19N3O2/c20-12-15-7-4-8-19(15)16(21)14-9-17-18(11-14)10-13-5-2-1-3-6-13/h1-3,5-6,9,11,15,20H,4,7-8,10,12H2/t15-/m1/s1. The first kappa shape index (κ1) is 13.8. The van der Waals surface area contributed by atoms with E-state index >= 15 is 0 Å². The van der Waals surface area contributed by atoms with Crippen molar-refractivity contribution in [1.29, 1.82) is 0 Å². The highest BCUT2D eigenvalue weighted by atomic mass is 16.3. The molecule has 1 amide bonds. The second kappa shape index (κ2) is 6.10. The fourth-order valence-electron chi connectivity index (χ4n) is 2.79. The van der Waals surface area contributed by atoms with E-state index in [2.05, 4.69) is 5.10 Å². The summed E-state index contributed by atoms with van der Waals surface area (Å²) in [5.74, 6) is -0.0362. The molecule has 5 heteroatoms. The maximum absolute atomic E-state index is 12.4. The molecule has 110 valence electrons. The number of carbonyl (C=O) groups excluding carboxylic acids is 1. The highest BCUT2D eigenvalue weighted by Gasteiger charge is 2.29. The predicted octanol–water partition coefficient (Wildman–Crippen LogP) is 1.53. The Hall–Kier alpha value is -2.14. The Balaban J connectivity index is 1.71.